The van der Waals surface area contributed by atoms with Crippen LogP contribution in [-0.2, 0) is 9.09 Å². The molecule has 120 valence electrons. The highest BCUT2D eigenvalue weighted by Crippen LogP contribution is 2.30. The molecular weight excluding hydrogens is 315 g/mol. The minimum atomic E-state index is -1.96. The number of hydrogen-bond donors (Lipinski definition) is 0. The monoisotopic (exact) mass is 333 g/mol. The van der Waals surface area contributed by atoms with Gasteiger partial charge in [-0.3, -0.25) is 4.79 Å². The van der Waals surface area contributed by atoms with Crippen LogP contribution in [0.3, 0.4) is 0 Å². The Morgan fingerprint density at radius 1 is 0.957 bits per heavy atom. The highest BCUT2D eigenvalue weighted by Gasteiger charge is 2.23. The van der Waals surface area contributed by atoms with E-state index in [0.717, 1.165) is 0 Å². The molecule has 1 unspecified atom stereocenters. The van der Waals surface area contributed by atoms with Gasteiger partial charge in [-0.2, -0.15) is 0 Å². The Labute approximate surface area is 136 Å². The number of ketones is 1. The molecule has 2 aromatic carbocycles. The third-order valence-electron chi connectivity index (χ3n) is 3.21. The van der Waals surface area contributed by atoms with Gasteiger partial charge in [-0.05, 0) is 28.8 Å². The third kappa shape index (κ3) is 4.38. The van der Waals surface area contributed by atoms with Gasteiger partial charge in [0.15, 0.2) is 5.78 Å². The number of hydrogen-bond acceptors (Lipinski definition) is 5. The third-order valence-corrected chi connectivity index (χ3v) is 4.35. The molecule has 0 aliphatic heterocycles. The second kappa shape index (κ2) is 8.42. The maximum Gasteiger partial charge on any atom is 0.548 e. The van der Waals surface area contributed by atoms with Crippen molar-refractivity contribution >= 4 is 19.1 Å². The maximum atomic E-state index is 12.4. The van der Waals surface area contributed by atoms with Gasteiger partial charge in [-0.1, -0.05) is 24.3 Å². The van der Waals surface area contributed by atoms with Crippen molar-refractivity contribution in [3.8, 4) is 11.5 Å². The van der Waals surface area contributed by atoms with Crippen molar-refractivity contribution in [3.63, 3.8) is 0 Å². The number of methoxy groups -OCH3 is 2. The van der Waals surface area contributed by atoms with Crippen LogP contribution in [0.15, 0.2) is 48.5 Å². The summed E-state index contributed by atoms with van der Waals surface area (Å²) in [6.07, 6.45) is 0.0879. The fraction of sp³-hybridized carbons (Fsp3) is 0.235. The second-order valence-electron chi connectivity index (χ2n) is 4.64. The van der Waals surface area contributed by atoms with E-state index in [1.807, 2.05) is 6.07 Å². The average molecular weight is 333 g/mol. The first kappa shape index (κ1) is 17.1. The zero-order chi connectivity index (χ0) is 16.7. The van der Waals surface area contributed by atoms with Crippen molar-refractivity contribution in [1.82, 2.24) is 0 Å². The summed E-state index contributed by atoms with van der Waals surface area (Å²) in [4.78, 5) is 12.4. The Morgan fingerprint density at radius 2 is 1.57 bits per heavy atom. The summed E-state index contributed by atoms with van der Waals surface area (Å²) in [6, 6.07) is 14.0. The lowest BCUT2D eigenvalue weighted by Gasteiger charge is -2.11. The van der Waals surface area contributed by atoms with Crippen LogP contribution in [0.5, 0.6) is 11.5 Å². The van der Waals surface area contributed by atoms with E-state index in [1.165, 1.54) is 14.2 Å². The van der Waals surface area contributed by atoms with E-state index in [1.54, 1.807) is 42.5 Å². The quantitative estimate of drug-likeness (QED) is 0.547. The normalized spacial score (nSPS) is 11.0. The fourth-order valence-electron chi connectivity index (χ4n) is 2.10. The highest BCUT2D eigenvalue weighted by molar-refractivity contribution is 7.48. The maximum absolute atomic E-state index is 12.4. The Bertz CT molecular complexity index is 662. The smallest absolute Gasteiger partial charge is 0.496 e. The molecule has 5 nitrogen and oxygen atoms in total. The summed E-state index contributed by atoms with van der Waals surface area (Å²) < 4.78 is 27.7. The number of carbonyl (C=O) groups excluding carboxylic acids is 1. The minimum Gasteiger partial charge on any atom is -0.496 e. The molecule has 0 aromatic heterocycles. The molecule has 0 saturated carbocycles. The molecular formula is C17H18O5P+. The van der Waals surface area contributed by atoms with Crippen molar-refractivity contribution in [2.24, 2.45) is 0 Å². The van der Waals surface area contributed by atoms with Gasteiger partial charge in [0.1, 0.15) is 23.7 Å². The average Bonchev–Trinajstić information content (AvgIpc) is 2.61. The Balaban J connectivity index is 1.99. The fourth-order valence-corrected chi connectivity index (χ4v) is 2.92. The molecule has 0 aliphatic carbocycles. The first-order valence-electron chi connectivity index (χ1n) is 7.06. The van der Waals surface area contributed by atoms with Gasteiger partial charge < -0.3 is 9.47 Å². The molecule has 1 atom stereocenters. The second-order valence-corrected chi connectivity index (χ2v) is 5.93. The predicted octanol–water partition coefficient (Wildman–Crippen LogP) is 3.36. The van der Waals surface area contributed by atoms with E-state index >= 15 is 0 Å². The molecule has 0 bridgehead atoms. The summed E-state index contributed by atoms with van der Waals surface area (Å²) in [5.74, 6) is 0.708. The molecule has 0 spiro atoms. The Morgan fingerprint density at radius 3 is 2.13 bits per heavy atom. The molecule has 0 aliphatic rings. The van der Waals surface area contributed by atoms with E-state index in [4.69, 9.17) is 14.0 Å². The highest BCUT2D eigenvalue weighted by atomic mass is 31.1. The minimum absolute atomic E-state index is 0.0597. The van der Waals surface area contributed by atoms with Gasteiger partial charge in [0.25, 0.3) is 0 Å². The lowest BCUT2D eigenvalue weighted by Crippen LogP contribution is -2.08. The molecule has 0 N–H and O–H groups in total. The van der Waals surface area contributed by atoms with Crippen LogP contribution < -0.4 is 14.8 Å². The van der Waals surface area contributed by atoms with E-state index in [0.29, 0.717) is 22.4 Å². The number of ether oxygens (including phenoxy) is 2. The van der Waals surface area contributed by atoms with Gasteiger partial charge in [0.2, 0.25) is 5.30 Å². The van der Waals surface area contributed by atoms with E-state index in [2.05, 4.69) is 0 Å². The number of Topliss-reactive ketones (excluding diaryl/α,β-unsaturated/α-hetero) is 1. The summed E-state index contributed by atoms with van der Waals surface area (Å²) in [7, 11) is 1.03. The van der Waals surface area contributed by atoms with Gasteiger partial charge in [-0.15, -0.1) is 4.52 Å². The summed E-state index contributed by atoms with van der Waals surface area (Å²) in [5, 5.41) is 0.602. The van der Waals surface area contributed by atoms with Gasteiger partial charge >= 0.3 is 8.03 Å². The molecule has 0 radical (unpaired) electrons. The van der Waals surface area contributed by atoms with Crippen LogP contribution in [0.4, 0.5) is 0 Å². The summed E-state index contributed by atoms with van der Waals surface area (Å²) in [6.45, 7) is 0.0597. The van der Waals surface area contributed by atoms with Crippen molar-refractivity contribution in [2.75, 3.05) is 20.8 Å². The predicted molar refractivity (Wildman–Crippen MR) is 88.1 cm³/mol. The molecule has 6 heteroatoms. The SMILES string of the molecule is COc1cccc(OC)c1C(=O)CCO[P+](=O)c1ccccc1. The van der Waals surface area contributed by atoms with Crippen LogP contribution in [-0.4, -0.2) is 26.6 Å². The first-order valence-corrected chi connectivity index (χ1v) is 8.24. The Hall–Kier alpha value is -2.23. The van der Waals surface area contributed by atoms with Crippen molar-refractivity contribution < 1.29 is 23.4 Å². The van der Waals surface area contributed by atoms with Crippen LogP contribution in [0.1, 0.15) is 16.8 Å². The van der Waals surface area contributed by atoms with Crippen LogP contribution in [0, 0.1) is 0 Å². The van der Waals surface area contributed by atoms with E-state index in [-0.39, 0.29) is 18.8 Å². The van der Waals surface area contributed by atoms with Gasteiger partial charge in [0.05, 0.1) is 14.2 Å². The number of rotatable bonds is 8. The van der Waals surface area contributed by atoms with Crippen molar-refractivity contribution in [1.29, 1.82) is 0 Å². The molecule has 0 saturated heterocycles. The lowest BCUT2D eigenvalue weighted by molar-refractivity contribution is 0.0958. The van der Waals surface area contributed by atoms with Crippen LogP contribution in [0.25, 0.3) is 0 Å². The van der Waals surface area contributed by atoms with E-state index in [9.17, 15) is 9.36 Å². The standard InChI is InChI=1S/C17H18O5P/c1-20-15-9-6-10-16(21-2)17(15)14(18)11-12-22-23(19)13-7-4-3-5-8-13/h3-10H,11-12H2,1-2H3/q+1. The van der Waals surface area contributed by atoms with Gasteiger partial charge in [-0.25, -0.2) is 0 Å². The van der Waals surface area contributed by atoms with Crippen LogP contribution in [0.2, 0.25) is 0 Å². The topological polar surface area (TPSA) is 61.8 Å². The van der Waals surface area contributed by atoms with E-state index < -0.39 is 8.03 Å². The first-order chi connectivity index (χ1) is 11.2. The molecule has 0 fully saturated rings. The number of carbonyl (C=O) groups is 1. The molecule has 2 rings (SSSR count). The summed E-state index contributed by atoms with van der Waals surface area (Å²) >= 11 is 0. The number of benzene rings is 2. The van der Waals surface area contributed by atoms with Crippen molar-refractivity contribution in [2.45, 2.75) is 6.42 Å². The molecule has 23 heavy (non-hydrogen) atoms. The Kier molecular flexibility index (Phi) is 6.27. The van der Waals surface area contributed by atoms with Crippen LogP contribution >= 0.6 is 8.03 Å². The van der Waals surface area contributed by atoms with Gasteiger partial charge in [0, 0.05) is 6.42 Å². The molecule has 0 amide bonds. The largest absolute Gasteiger partial charge is 0.548 e. The molecule has 2 aromatic rings. The van der Waals surface area contributed by atoms with Crippen molar-refractivity contribution in [3.05, 3.63) is 54.1 Å². The summed E-state index contributed by atoms with van der Waals surface area (Å²) in [5.41, 5.74) is 0.371. The lowest BCUT2D eigenvalue weighted by atomic mass is 10.1. The zero-order valence-electron chi connectivity index (χ0n) is 13.0. The molecule has 0 heterocycles. The zero-order valence-corrected chi connectivity index (χ0v) is 13.9.